The van der Waals surface area contributed by atoms with E-state index in [1.165, 1.54) is 0 Å². The molecule has 8 heteroatoms. The second-order valence-corrected chi connectivity index (χ2v) is 1.82. The predicted octanol–water partition coefficient (Wildman–Crippen LogP) is -4.89. The largest absolute Gasteiger partial charge is 0.397 e. The summed E-state index contributed by atoms with van der Waals surface area (Å²) in [4.78, 5) is 28.5. The molecular weight excluding hydrogens is 172 g/mol. The lowest BCUT2D eigenvalue weighted by atomic mass is 10.2. The first kappa shape index (κ1) is 10.8. The van der Waals surface area contributed by atoms with Gasteiger partial charge in [0.1, 0.15) is 0 Å². The van der Waals surface area contributed by atoms with Crippen molar-refractivity contribution in [1.29, 1.82) is 0 Å². The zero-order valence-electron chi connectivity index (χ0n) is 6.10. The lowest BCUT2D eigenvalue weighted by Gasteiger charge is -2.09. The van der Waals surface area contributed by atoms with Crippen LogP contribution in [0.5, 0.6) is 0 Å². The van der Waals surface area contributed by atoms with Gasteiger partial charge < -0.3 is 10.2 Å². The highest BCUT2D eigenvalue weighted by Crippen LogP contribution is 1.95. The fourth-order valence-corrected chi connectivity index (χ4v) is 0.429. The van der Waals surface area contributed by atoms with E-state index in [0.29, 0.717) is 0 Å². The molecule has 0 aromatic rings. The molecule has 0 rings (SSSR count). The molecule has 0 spiro atoms. The van der Waals surface area contributed by atoms with Gasteiger partial charge in [0.25, 0.3) is 0 Å². The first-order valence-electron chi connectivity index (χ1n) is 2.82. The van der Waals surface area contributed by atoms with Crippen molar-refractivity contribution in [2.45, 2.75) is 12.2 Å². The van der Waals surface area contributed by atoms with Gasteiger partial charge in [0.2, 0.25) is 0 Å². The average Bonchev–Trinajstić information content (AvgIpc) is 2.12. The summed E-state index contributed by atoms with van der Waals surface area (Å²) < 4.78 is 0. The van der Waals surface area contributed by atoms with Crippen LogP contribution in [0.25, 0.3) is 0 Å². The number of hydrogen-bond acceptors (Lipinski definition) is 6. The first-order valence-corrected chi connectivity index (χ1v) is 2.82. The lowest BCUT2D eigenvalue weighted by molar-refractivity contribution is -0.660. The molecule has 0 radical (unpaired) electrons. The quantitative estimate of drug-likeness (QED) is 0.321. The van der Waals surface area contributed by atoms with Crippen LogP contribution in [0.2, 0.25) is 0 Å². The molecule has 0 saturated heterocycles. The van der Waals surface area contributed by atoms with Crippen molar-refractivity contribution in [2.75, 3.05) is 0 Å². The summed E-state index contributed by atoms with van der Waals surface area (Å²) >= 11 is 0. The molecule has 0 bridgehead atoms. The third-order valence-corrected chi connectivity index (χ3v) is 1.07. The Bertz CT molecular complexity index is 162. The second-order valence-electron chi connectivity index (χ2n) is 1.82. The minimum atomic E-state index is -2.00. The van der Waals surface area contributed by atoms with Gasteiger partial charge >= 0.3 is 11.9 Å². The number of aliphatic hydroxyl groups is 2. The maximum Gasteiger partial charge on any atom is 0.397 e. The van der Waals surface area contributed by atoms with Crippen LogP contribution >= 0.6 is 0 Å². The van der Waals surface area contributed by atoms with Gasteiger partial charge in [-0.15, -0.1) is 0 Å². The molecule has 0 saturated carbocycles. The fraction of sp³-hybridized carbons (Fsp3) is 0.500. The Morgan fingerprint density at radius 3 is 1.42 bits per heavy atom. The molecule has 8 nitrogen and oxygen atoms in total. The Morgan fingerprint density at radius 1 is 1.00 bits per heavy atom. The van der Waals surface area contributed by atoms with E-state index in [9.17, 15) is 9.59 Å². The molecule has 0 aliphatic carbocycles. The Kier molecular flexibility index (Phi) is 4.15. The molecule has 8 N–H and O–H groups in total. The minimum absolute atomic E-state index is 1.23. The van der Waals surface area contributed by atoms with Crippen LogP contribution in [0.4, 0.5) is 0 Å². The molecule has 12 heavy (non-hydrogen) atoms. The SMILES string of the molecule is [NH3+]OC(=O)C(O)C(O)C(=O)O[NH3+]. The van der Waals surface area contributed by atoms with Crippen molar-refractivity contribution in [1.82, 2.24) is 0 Å². The maximum atomic E-state index is 10.5. The van der Waals surface area contributed by atoms with Crippen molar-refractivity contribution in [2.24, 2.45) is 0 Å². The van der Waals surface area contributed by atoms with Crippen LogP contribution in [0.3, 0.4) is 0 Å². The monoisotopic (exact) mass is 182 g/mol. The summed E-state index contributed by atoms with van der Waals surface area (Å²) in [6, 6.07) is 0. The highest BCUT2D eigenvalue weighted by atomic mass is 16.7. The standard InChI is InChI=1S/C4H10N2O6/c5-11-3(9)1(7)2(8)4(10)12-6/h1-2,7-8H,5-6H3/q+2. The summed E-state index contributed by atoms with van der Waals surface area (Å²) in [7, 11) is 0. The summed E-state index contributed by atoms with van der Waals surface area (Å²) in [6.45, 7) is 0. The number of aliphatic hydroxyl groups excluding tert-OH is 2. The molecular formula is C4H10N2O6+2. The van der Waals surface area contributed by atoms with E-state index in [0.717, 1.165) is 0 Å². The van der Waals surface area contributed by atoms with E-state index in [2.05, 4.69) is 21.5 Å². The molecule has 0 aromatic heterocycles. The Hall–Kier alpha value is -1.22. The highest BCUT2D eigenvalue weighted by Gasteiger charge is 2.34. The molecule has 2 atom stereocenters. The zero-order valence-corrected chi connectivity index (χ0v) is 6.10. The van der Waals surface area contributed by atoms with Gasteiger partial charge in [-0.3, -0.25) is 9.68 Å². The van der Waals surface area contributed by atoms with E-state index >= 15 is 0 Å². The molecule has 0 amide bonds. The van der Waals surface area contributed by atoms with Crippen LogP contribution in [-0.2, 0) is 19.3 Å². The fourth-order valence-electron chi connectivity index (χ4n) is 0.429. The number of rotatable bonds is 3. The normalized spacial score (nSPS) is 14.7. The van der Waals surface area contributed by atoms with E-state index < -0.39 is 24.1 Å². The van der Waals surface area contributed by atoms with Gasteiger partial charge in [0.15, 0.2) is 12.2 Å². The van der Waals surface area contributed by atoms with Gasteiger partial charge in [-0.05, 0) is 0 Å². The number of carbonyl (C=O) groups excluding carboxylic acids is 2. The molecule has 0 heterocycles. The maximum absolute atomic E-state index is 10.5. The van der Waals surface area contributed by atoms with E-state index in [1.807, 2.05) is 0 Å². The van der Waals surface area contributed by atoms with Crippen molar-refractivity contribution < 1.29 is 41.3 Å². The average molecular weight is 182 g/mol. The Labute approximate surface area is 66.6 Å². The molecule has 0 aliphatic rings. The predicted molar refractivity (Wildman–Crippen MR) is 30.0 cm³/mol. The lowest BCUT2D eigenvalue weighted by Crippen LogP contribution is -2.59. The van der Waals surface area contributed by atoms with Gasteiger partial charge in [-0.1, -0.05) is 0 Å². The molecule has 0 fully saturated rings. The van der Waals surface area contributed by atoms with Gasteiger partial charge in [-0.2, -0.15) is 11.8 Å². The third kappa shape index (κ3) is 2.43. The van der Waals surface area contributed by atoms with Crippen LogP contribution in [0.15, 0.2) is 0 Å². The van der Waals surface area contributed by atoms with Crippen molar-refractivity contribution in [3.8, 4) is 0 Å². The third-order valence-electron chi connectivity index (χ3n) is 1.07. The summed E-state index contributed by atoms with van der Waals surface area (Å²) in [5.74, 6) is 2.91. The molecule has 2 unspecified atom stereocenters. The summed E-state index contributed by atoms with van der Waals surface area (Å²) in [5.41, 5.74) is 0. The van der Waals surface area contributed by atoms with Gasteiger partial charge in [0.05, 0.1) is 0 Å². The van der Waals surface area contributed by atoms with Crippen LogP contribution in [0, 0.1) is 0 Å². The summed E-state index contributed by atoms with van der Waals surface area (Å²) in [5, 5.41) is 17.6. The first-order chi connectivity index (χ1) is 5.54. The number of hydrogen-bond donors (Lipinski definition) is 4. The van der Waals surface area contributed by atoms with E-state index in [1.54, 1.807) is 0 Å². The second kappa shape index (κ2) is 4.62. The number of carbonyl (C=O) groups is 2. The van der Waals surface area contributed by atoms with E-state index in [4.69, 9.17) is 10.2 Å². The zero-order chi connectivity index (χ0) is 9.72. The van der Waals surface area contributed by atoms with Gasteiger partial charge in [-0.25, -0.2) is 9.59 Å². The highest BCUT2D eigenvalue weighted by molar-refractivity contribution is 5.84. The van der Waals surface area contributed by atoms with Gasteiger partial charge in [0, 0.05) is 0 Å². The van der Waals surface area contributed by atoms with Crippen molar-refractivity contribution >= 4 is 11.9 Å². The molecule has 70 valence electrons. The van der Waals surface area contributed by atoms with Crippen molar-refractivity contribution in [3.63, 3.8) is 0 Å². The van der Waals surface area contributed by atoms with Crippen LogP contribution < -0.4 is 11.8 Å². The Morgan fingerprint density at radius 2 is 1.25 bits per heavy atom. The van der Waals surface area contributed by atoms with Crippen molar-refractivity contribution in [3.05, 3.63) is 0 Å². The Balaban J connectivity index is 4.18. The summed E-state index contributed by atoms with van der Waals surface area (Å²) in [6.07, 6.45) is -4.01. The number of quaternary nitrogens is 2. The molecule has 0 aliphatic heterocycles. The van der Waals surface area contributed by atoms with Crippen LogP contribution in [0.1, 0.15) is 0 Å². The minimum Gasteiger partial charge on any atom is -0.378 e. The van der Waals surface area contributed by atoms with Crippen LogP contribution in [-0.4, -0.2) is 34.4 Å². The smallest absolute Gasteiger partial charge is 0.378 e. The topological polar surface area (TPSA) is 148 Å². The van der Waals surface area contributed by atoms with E-state index in [-0.39, 0.29) is 0 Å². The molecule has 0 aromatic carbocycles.